The van der Waals surface area contributed by atoms with E-state index in [4.69, 9.17) is 60.2 Å². The number of aromatic nitrogens is 2. The lowest BCUT2D eigenvalue weighted by atomic mass is 9.92. The minimum atomic E-state index is -0.761. The number of hydrogen-bond acceptors (Lipinski definition) is 14. The highest BCUT2D eigenvalue weighted by molar-refractivity contribution is 6.31. The van der Waals surface area contributed by atoms with Crippen LogP contribution in [0.1, 0.15) is 88.0 Å². The minimum Gasteiger partial charge on any atom is -0.494 e. The number of aliphatic hydroxyl groups excluding tert-OH is 4. The Morgan fingerprint density at radius 1 is 0.554 bits per heavy atom. The Balaban J connectivity index is 0.000000216. The molecule has 2 fully saturated rings. The maximum absolute atomic E-state index is 13.8. The number of aryl methyl sites for hydroxylation is 1. The van der Waals surface area contributed by atoms with Gasteiger partial charge in [0.2, 0.25) is 0 Å². The van der Waals surface area contributed by atoms with Crippen molar-refractivity contribution in [3.8, 4) is 57.0 Å². The van der Waals surface area contributed by atoms with Gasteiger partial charge in [-0.05, 0) is 147 Å². The van der Waals surface area contributed by atoms with Crippen molar-refractivity contribution in [1.82, 2.24) is 9.97 Å². The molecule has 0 bridgehead atoms. The van der Waals surface area contributed by atoms with Gasteiger partial charge in [0, 0.05) is 58.3 Å². The number of ether oxygens (including phenoxy) is 6. The van der Waals surface area contributed by atoms with Gasteiger partial charge >= 0.3 is 0 Å². The summed E-state index contributed by atoms with van der Waals surface area (Å²) in [5.41, 5.74) is 5.26. The molecule has 2 aromatic heterocycles. The first-order valence-corrected chi connectivity index (χ1v) is 24.7. The van der Waals surface area contributed by atoms with Crippen LogP contribution < -0.4 is 28.4 Å². The highest BCUT2D eigenvalue weighted by Crippen LogP contribution is 2.44. The lowest BCUT2D eigenvalue weighted by Gasteiger charge is -2.20. The number of pyridine rings is 2. The molecule has 2 unspecified atom stereocenters. The summed E-state index contributed by atoms with van der Waals surface area (Å²) in [6.07, 6.45) is 1.58. The molecule has 74 heavy (non-hydrogen) atoms. The maximum atomic E-state index is 13.8. The standard InChI is InChI=1S/C29H32FNO6.C28H29ClFNO6/c1-17-14-19(5-8-22(17)30)28-26(35-2)11-9-23(31-28)21-7-4-20(29(21)34)15-24(33)18-6-10-25(37-13-12-32)27(16-18)36-3;1-35-25-10-8-22(31-27(25)17-4-7-21(30)20(29)13-17)19-6-3-18(28(19)34)14-23(33)16-5-9-24(37-12-11-32)26(15-16)36-2/h5-6,8-11,14,16,20-21,29,32,34H,4,7,12-13,15H2,1-3H3;4-5,7-10,13,15,18-19,28,32,34H,3,6,11-12,14H2,1-2H3/t20-,21?,29-;18-,19?,28+/m00/s1. The monoisotopic (exact) mass is 1040 g/mol. The summed E-state index contributed by atoms with van der Waals surface area (Å²) in [4.78, 5) is 35.6. The summed E-state index contributed by atoms with van der Waals surface area (Å²) in [6.45, 7) is 1.68. The molecule has 6 aromatic rings. The van der Waals surface area contributed by atoms with Gasteiger partial charge in [0.1, 0.15) is 47.7 Å². The number of Topliss-reactive ketones (excluding diaryl/α,β-unsaturated/α-hetero) is 2. The van der Waals surface area contributed by atoms with E-state index in [1.54, 1.807) is 74.7 Å². The topological polar surface area (TPSA) is 196 Å². The van der Waals surface area contributed by atoms with Crippen LogP contribution in [0.15, 0.2) is 97.1 Å². The van der Waals surface area contributed by atoms with Gasteiger partial charge in [-0.25, -0.2) is 18.7 Å². The molecule has 0 saturated heterocycles. The fourth-order valence-corrected chi connectivity index (χ4v) is 9.86. The molecule has 6 atom stereocenters. The fourth-order valence-electron chi connectivity index (χ4n) is 9.68. The lowest BCUT2D eigenvalue weighted by Crippen LogP contribution is -2.23. The summed E-state index contributed by atoms with van der Waals surface area (Å²) < 4.78 is 60.0. The molecule has 8 rings (SSSR count). The Kier molecular flexibility index (Phi) is 19.0. The zero-order chi connectivity index (χ0) is 53.1. The first-order valence-electron chi connectivity index (χ1n) is 24.3. The van der Waals surface area contributed by atoms with Crippen molar-refractivity contribution in [2.45, 2.75) is 69.5 Å². The molecule has 392 valence electrons. The number of hydrogen-bond donors (Lipinski definition) is 4. The molecule has 4 N–H and O–H groups in total. The van der Waals surface area contributed by atoms with Gasteiger partial charge in [0.15, 0.2) is 34.6 Å². The normalized spacial score (nSPS) is 19.0. The van der Waals surface area contributed by atoms with Crippen LogP contribution in [0.5, 0.6) is 34.5 Å². The zero-order valence-electron chi connectivity index (χ0n) is 41.9. The molecular weight excluding hydrogens is 978 g/mol. The number of halogens is 3. The van der Waals surface area contributed by atoms with Crippen LogP contribution in [0, 0.1) is 30.4 Å². The second kappa shape index (κ2) is 25.5. The molecule has 0 aliphatic heterocycles. The Morgan fingerprint density at radius 3 is 1.38 bits per heavy atom. The number of rotatable bonds is 20. The van der Waals surface area contributed by atoms with E-state index < -0.39 is 18.0 Å². The molecule has 17 heteroatoms. The van der Waals surface area contributed by atoms with Gasteiger partial charge < -0.3 is 48.8 Å². The third-order valence-corrected chi connectivity index (χ3v) is 13.9. The van der Waals surface area contributed by atoms with E-state index in [0.29, 0.717) is 105 Å². The predicted octanol–water partition coefficient (Wildman–Crippen LogP) is 9.77. The van der Waals surface area contributed by atoms with E-state index >= 15 is 0 Å². The number of ketones is 2. The van der Waals surface area contributed by atoms with Gasteiger partial charge in [0.05, 0.1) is 58.9 Å². The van der Waals surface area contributed by atoms with Crippen molar-refractivity contribution >= 4 is 23.2 Å². The Hall–Kier alpha value is -6.69. The Labute approximate surface area is 433 Å². The third kappa shape index (κ3) is 12.8. The molecular formula is C57H61ClF2N2O12. The maximum Gasteiger partial charge on any atom is 0.163 e. The number of carbonyl (C=O) groups excluding carboxylic acids is 2. The van der Waals surface area contributed by atoms with Crippen molar-refractivity contribution in [2.24, 2.45) is 11.8 Å². The fraction of sp³-hybridized carbons (Fsp3) is 0.368. The van der Waals surface area contributed by atoms with Crippen molar-refractivity contribution in [3.63, 3.8) is 0 Å². The average Bonchev–Trinajstić information content (AvgIpc) is 3.97. The molecule has 2 aliphatic carbocycles. The molecule has 0 amide bonds. The molecule has 0 spiro atoms. The van der Waals surface area contributed by atoms with Crippen LogP contribution in [0.4, 0.5) is 8.78 Å². The van der Waals surface area contributed by atoms with Gasteiger partial charge in [-0.15, -0.1) is 0 Å². The second-order valence-corrected chi connectivity index (χ2v) is 18.6. The number of benzene rings is 4. The predicted molar refractivity (Wildman–Crippen MR) is 274 cm³/mol. The van der Waals surface area contributed by atoms with Crippen molar-refractivity contribution in [3.05, 3.63) is 142 Å². The van der Waals surface area contributed by atoms with E-state index in [9.17, 15) is 28.6 Å². The molecule has 14 nitrogen and oxygen atoms in total. The highest BCUT2D eigenvalue weighted by Gasteiger charge is 2.39. The van der Waals surface area contributed by atoms with E-state index in [2.05, 4.69) is 0 Å². The van der Waals surface area contributed by atoms with Gasteiger partial charge in [-0.3, -0.25) is 9.59 Å². The van der Waals surface area contributed by atoms with Gasteiger partial charge in [-0.2, -0.15) is 0 Å². The molecule has 0 radical (unpaired) electrons. The van der Waals surface area contributed by atoms with E-state index in [1.165, 1.54) is 39.5 Å². The summed E-state index contributed by atoms with van der Waals surface area (Å²) in [6, 6.07) is 26.2. The van der Waals surface area contributed by atoms with Crippen LogP contribution >= 0.6 is 11.6 Å². The molecule has 2 aliphatic rings. The number of aliphatic hydroxyl groups is 4. The number of carbonyl (C=O) groups is 2. The van der Waals surface area contributed by atoms with E-state index in [0.717, 1.165) is 5.56 Å². The Morgan fingerprint density at radius 2 is 0.973 bits per heavy atom. The van der Waals surface area contributed by atoms with Crippen LogP contribution in [0.3, 0.4) is 0 Å². The van der Waals surface area contributed by atoms with Crippen LogP contribution in [0.2, 0.25) is 5.02 Å². The molecule has 4 aromatic carbocycles. The SMILES string of the molecule is COc1cc(C(=O)C[C@@H]2CCC(c3ccc(OC)c(-c4ccc(F)c(C)c4)n3)[C@H]2O)ccc1OCCO.COc1cc(C(=O)C[C@@H]2CCC(c3ccc(OC)c(-c4ccc(F)c(Cl)c4)n3)[C@@H]2O)ccc1OCCO. The third-order valence-electron chi connectivity index (χ3n) is 13.6. The minimum absolute atomic E-state index is 0.0177. The zero-order valence-corrected chi connectivity index (χ0v) is 42.6. The van der Waals surface area contributed by atoms with Crippen molar-refractivity contribution in [2.75, 3.05) is 54.9 Å². The van der Waals surface area contributed by atoms with Gasteiger partial charge in [0.25, 0.3) is 0 Å². The van der Waals surface area contributed by atoms with Crippen LogP contribution in [0.25, 0.3) is 22.5 Å². The van der Waals surface area contributed by atoms with Crippen molar-refractivity contribution < 1.29 is 67.2 Å². The molecule has 2 saturated carbocycles. The summed E-state index contributed by atoms with van der Waals surface area (Å²) in [7, 11) is 6.06. The van der Waals surface area contributed by atoms with Crippen LogP contribution in [-0.2, 0) is 0 Å². The van der Waals surface area contributed by atoms with Crippen molar-refractivity contribution in [1.29, 1.82) is 0 Å². The smallest absolute Gasteiger partial charge is 0.163 e. The second-order valence-electron chi connectivity index (χ2n) is 18.2. The number of nitrogens with zero attached hydrogens (tertiary/aromatic N) is 2. The summed E-state index contributed by atoms with van der Waals surface area (Å²) in [5, 5.41) is 40.2. The Bertz CT molecular complexity index is 2730. The summed E-state index contributed by atoms with van der Waals surface area (Å²) >= 11 is 5.98. The largest absolute Gasteiger partial charge is 0.494 e. The number of methoxy groups -OCH3 is 4. The van der Waals surface area contributed by atoms with Gasteiger partial charge in [-0.1, -0.05) is 11.6 Å². The molecule has 2 heterocycles. The van der Waals surface area contributed by atoms with Crippen LogP contribution in [-0.4, -0.2) is 109 Å². The summed E-state index contributed by atoms with van der Waals surface area (Å²) in [5.74, 6) is 0.820. The van der Waals surface area contributed by atoms with E-state index in [-0.39, 0.29) is 85.3 Å². The quantitative estimate of drug-likeness (QED) is 0.0528. The first kappa shape index (κ1) is 55.1. The highest BCUT2D eigenvalue weighted by atomic mass is 35.5. The average molecular weight is 1040 g/mol. The first-order chi connectivity index (χ1) is 35.7. The van der Waals surface area contributed by atoms with E-state index in [1.807, 2.05) is 18.2 Å². The lowest BCUT2D eigenvalue weighted by molar-refractivity contribution is 0.0830.